The Hall–Kier alpha value is -1.32. The topological polar surface area (TPSA) is 70.7 Å². The molecular formula is C20H31IN4O2. The smallest absolute Gasteiger partial charge is 0.191 e. The summed E-state index contributed by atoms with van der Waals surface area (Å²) in [6.07, 6.45) is 3.54. The molecule has 2 aromatic rings. The molecule has 3 N–H and O–H groups in total. The molecular weight excluding hydrogens is 455 g/mol. The SMILES string of the molecule is CCNC(=NCc1cc2ccccc2[nH]1)NCCCOCC1CCCO1.I. The number of guanidine groups is 1. The van der Waals surface area contributed by atoms with Crippen molar-refractivity contribution >= 4 is 40.8 Å². The second-order valence-electron chi connectivity index (χ2n) is 6.57. The lowest BCUT2D eigenvalue weighted by molar-refractivity contribution is 0.0168. The van der Waals surface area contributed by atoms with Crippen molar-refractivity contribution in [3.63, 3.8) is 0 Å². The lowest BCUT2D eigenvalue weighted by atomic mass is 10.2. The lowest BCUT2D eigenvalue weighted by Crippen LogP contribution is -2.38. The largest absolute Gasteiger partial charge is 0.379 e. The minimum Gasteiger partial charge on any atom is -0.379 e. The molecule has 1 fully saturated rings. The number of nitrogens with one attached hydrogen (secondary N) is 3. The Morgan fingerprint density at radius 2 is 2.22 bits per heavy atom. The molecule has 150 valence electrons. The first kappa shape index (κ1) is 22.0. The second kappa shape index (κ2) is 12.2. The summed E-state index contributed by atoms with van der Waals surface area (Å²) in [6.45, 7) is 6.72. The second-order valence-corrected chi connectivity index (χ2v) is 6.57. The molecule has 1 aliphatic heterocycles. The van der Waals surface area contributed by atoms with Crippen molar-refractivity contribution in [3.05, 3.63) is 36.0 Å². The fraction of sp³-hybridized carbons (Fsp3) is 0.550. The number of aliphatic imine (C=N–C) groups is 1. The lowest BCUT2D eigenvalue weighted by Gasteiger charge is -2.12. The highest BCUT2D eigenvalue weighted by Gasteiger charge is 2.14. The molecule has 2 heterocycles. The third-order valence-electron chi connectivity index (χ3n) is 4.42. The van der Waals surface area contributed by atoms with Crippen LogP contribution < -0.4 is 10.6 Å². The van der Waals surface area contributed by atoms with Gasteiger partial charge in [0, 0.05) is 37.5 Å². The zero-order valence-corrected chi connectivity index (χ0v) is 18.3. The molecule has 1 aromatic heterocycles. The van der Waals surface area contributed by atoms with Crippen LogP contribution in [0.3, 0.4) is 0 Å². The third kappa shape index (κ3) is 7.31. The van der Waals surface area contributed by atoms with E-state index in [0.29, 0.717) is 19.3 Å². The first-order valence-corrected chi connectivity index (χ1v) is 9.63. The molecule has 7 heteroatoms. The normalized spacial score (nSPS) is 17.1. The number of aromatic amines is 1. The van der Waals surface area contributed by atoms with Gasteiger partial charge in [-0.15, -0.1) is 24.0 Å². The molecule has 0 saturated carbocycles. The van der Waals surface area contributed by atoms with E-state index in [1.54, 1.807) is 0 Å². The summed E-state index contributed by atoms with van der Waals surface area (Å²) in [6, 6.07) is 10.4. The summed E-state index contributed by atoms with van der Waals surface area (Å²) < 4.78 is 11.2. The molecule has 1 unspecified atom stereocenters. The molecule has 0 amide bonds. The van der Waals surface area contributed by atoms with Gasteiger partial charge in [0.25, 0.3) is 0 Å². The zero-order valence-electron chi connectivity index (χ0n) is 16.0. The van der Waals surface area contributed by atoms with Crippen LogP contribution in [0, 0.1) is 0 Å². The van der Waals surface area contributed by atoms with Crippen molar-refractivity contribution in [2.45, 2.75) is 38.8 Å². The Morgan fingerprint density at radius 3 is 3.00 bits per heavy atom. The number of nitrogens with zero attached hydrogens (tertiary/aromatic N) is 1. The Kier molecular flexibility index (Phi) is 9.93. The molecule has 3 rings (SSSR count). The predicted molar refractivity (Wildman–Crippen MR) is 121 cm³/mol. The molecule has 0 bridgehead atoms. The Labute approximate surface area is 178 Å². The van der Waals surface area contributed by atoms with Crippen LogP contribution in [0.5, 0.6) is 0 Å². The molecule has 27 heavy (non-hydrogen) atoms. The Morgan fingerprint density at radius 1 is 1.33 bits per heavy atom. The number of aromatic nitrogens is 1. The van der Waals surface area contributed by atoms with Crippen LogP contribution in [0.4, 0.5) is 0 Å². The molecule has 1 saturated heterocycles. The van der Waals surface area contributed by atoms with Crippen LogP contribution in [0.2, 0.25) is 0 Å². The Balaban J connectivity index is 0.00000261. The van der Waals surface area contributed by atoms with Crippen LogP contribution >= 0.6 is 24.0 Å². The number of rotatable bonds is 9. The average Bonchev–Trinajstić information content (AvgIpc) is 3.31. The van der Waals surface area contributed by atoms with Gasteiger partial charge in [-0.25, -0.2) is 4.99 Å². The number of hydrogen-bond donors (Lipinski definition) is 3. The van der Waals surface area contributed by atoms with E-state index in [-0.39, 0.29) is 24.0 Å². The standard InChI is InChI=1S/C20H30N4O2.HI/c1-2-21-20(22-10-6-11-25-15-18-8-5-12-26-18)23-14-17-13-16-7-3-4-9-19(16)24-17;/h3-4,7,9,13,18,24H,2,5-6,8,10-12,14-15H2,1H3,(H2,21,22,23);1H. The van der Waals surface area contributed by atoms with E-state index in [9.17, 15) is 0 Å². The summed E-state index contributed by atoms with van der Waals surface area (Å²) in [5, 5.41) is 7.87. The van der Waals surface area contributed by atoms with Crippen molar-refractivity contribution in [2.75, 3.05) is 32.9 Å². The van der Waals surface area contributed by atoms with Gasteiger partial charge < -0.3 is 25.1 Å². The van der Waals surface area contributed by atoms with E-state index < -0.39 is 0 Å². The molecule has 0 spiro atoms. The molecule has 6 nitrogen and oxygen atoms in total. The number of H-pyrrole nitrogens is 1. The number of fused-ring (bicyclic) bond motifs is 1. The summed E-state index contributed by atoms with van der Waals surface area (Å²) >= 11 is 0. The molecule has 0 radical (unpaired) electrons. The van der Waals surface area contributed by atoms with Crippen molar-refractivity contribution in [1.29, 1.82) is 0 Å². The summed E-state index contributed by atoms with van der Waals surface area (Å²) in [5.74, 6) is 0.838. The minimum absolute atomic E-state index is 0. The molecule has 0 aliphatic carbocycles. The van der Waals surface area contributed by atoms with Crippen LogP contribution in [0.15, 0.2) is 35.3 Å². The van der Waals surface area contributed by atoms with Crippen molar-refractivity contribution < 1.29 is 9.47 Å². The molecule has 1 aromatic carbocycles. The van der Waals surface area contributed by atoms with Gasteiger partial charge >= 0.3 is 0 Å². The van der Waals surface area contributed by atoms with E-state index >= 15 is 0 Å². The van der Waals surface area contributed by atoms with Crippen molar-refractivity contribution in [3.8, 4) is 0 Å². The van der Waals surface area contributed by atoms with Gasteiger partial charge in [0.05, 0.1) is 19.3 Å². The Bertz CT molecular complexity index is 665. The van der Waals surface area contributed by atoms with Crippen LogP contribution in [-0.4, -0.2) is 50.0 Å². The van der Waals surface area contributed by atoms with E-state index in [2.05, 4.69) is 51.8 Å². The minimum atomic E-state index is 0. The first-order chi connectivity index (χ1) is 12.8. The fourth-order valence-corrected chi connectivity index (χ4v) is 3.10. The van der Waals surface area contributed by atoms with Gasteiger partial charge in [-0.2, -0.15) is 0 Å². The van der Waals surface area contributed by atoms with E-state index in [1.807, 2.05) is 6.07 Å². The highest BCUT2D eigenvalue weighted by atomic mass is 127. The monoisotopic (exact) mass is 486 g/mol. The van der Waals surface area contributed by atoms with Gasteiger partial charge in [0.1, 0.15) is 0 Å². The zero-order chi connectivity index (χ0) is 18.0. The maximum atomic E-state index is 5.69. The predicted octanol–water partition coefficient (Wildman–Crippen LogP) is 3.43. The number of ether oxygens (including phenoxy) is 2. The van der Waals surface area contributed by atoms with Gasteiger partial charge in [-0.3, -0.25) is 0 Å². The third-order valence-corrected chi connectivity index (χ3v) is 4.42. The van der Waals surface area contributed by atoms with Gasteiger partial charge in [-0.05, 0) is 43.7 Å². The molecule has 1 aliphatic rings. The summed E-state index contributed by atoms with van der Waals surface area (Å²) in [4.78, 5) is 8.07. The molecule has 1 atom stereocenters. The summed E-state index contributed by atoms with van der Waals surface area (Å²) in [5.41, 5.74) is 2.27. The maximum Gasteiger partial charge on any atom is 0.191 e. The van der Waals surface area contributed by atoms with Crippen LogP contribution in [0.1, 0.15) is 31.9 Å². The number of hydrogen-bond acceptors (Lipinski definition) is 3. The number of benzene rings is 1. The van der Waals surface area contributed by atoms with Gasteiger partial charge in [-0.1, -0.05) is 18.2 Å². The van der Waals surface area contributed by atoms with Crippen LogP contribution in [-0.2, 0) is 16.0 Å². The summed E-state index contributed by atoms with van der Waals surface area (Å²) in [7, 11) is 0. The maximum absolute atomic E-state index is 5.69. The average molecular weight is 486 g/mol. The number of halogens is 1. The number of para-hydroxylation sites is 1. The van der Waals surface area contributed by atoms with E-state index in [4.69, 9.17) is 9.47 Å². The van der Waals surface area contributed by atoms with E-state index in [0.717, 1.165) is 62.7 Å². The van der Waals surface area contributed by atoms with Gasteiger partial charge in [0.2, 0.25) is 0 Å². The van der Waals surface area contributed by atoms with Crippen molar-refractivity contribution in [2.24, 2.45) is 4.99 Å². The first-order valence-electron chi connectivity index (χ1n) is 9.63. The highest BCUT2D eigenvalue weighted by molar-refractivity contribution is 14.0. The van der Waals surface area contributed by atoms with Crippen molar-refractivity contribution in [1.82, 2.24) is 15.6 Å². The fourth-order valence-electron chi connectivity index (χ4n) is 3.10. The van der Waals surface area contributed by atoms with Crippen LogP contribution in [0.25, 0.3) is 10.9 Å². The highest BCUT2D eigenvalue weighted by Crippen LogP contribution is 2.15. The quantitative estimate of drug-likeness (QED) is 0.220. The van der Waals surface area contributed by atoms with E-state index in [1.165, 1.54) is 5.39 Å². The van der Waals surface area contributed by atoms with Gasteiger partial charge in [0.15, 0.2) is 5.96 Å².